The third kappa shape index (κ3) is 1.77. The predicted molar refractivity (Wildman–Crippen MR) is 62.5 cm³/mol. The van der Waals surface area contributed by atoms with Crippen molar-refractivity contribution >= 4 is 0 Å². The molecule has 3 heteroatoms. The Labute approximate surface area is 96.8 Å². The van der Waals surface area contributed by atoms with Gasteiger partial charge in [0.05, 0.1) is 0 Å². The van der Waals surface area contributed by atoms with Crippen LogP contribution in [-0.2, 0) is 17.7 Å². The molecule has 3 heterocycles. The van der Waals surface area contributed by atoms with Crippen molar-refractivity contribution in [1.29, 1.82) is 0 Å². The monoisotopic (exact) mass is 220 g/mol. The molecule has 1 unspecified atom stereocenters. The molecule has 0 amide bonds. The first-order valence-electron chi connectivity index (χ1n) is 6.46. The van der Waals surface area contributed by atoms with Gasteiger partial charge in [-0.1, -0.05) is 6.92 Å². The number of fused-ring (bicyclic) bond motifs is 1. The lowest BCUT2D eigenvalue weighted by atomic mass is 9.97. The van der Waals surface area contributed by atoms with Crippen LogP contribution in [0.3, 0.4) is 0 Å². The second-order valence-electron chi connectivity index (χ2n) is 5.25. The van der Waals surface area contributed by atoms with Gasteiger partial charge in [0, 0.05) is 37.6 Å². The molecular formula is C13H20N2O. The largest absolute Gasteiger partial charge is 0.381 e. The summed E-state index contributed by atoms with van der Waals surface area (Å²) in [5.74, 6) is 2.76. The van der Waals surface area contributed by atoms with Crippen LogP contribution in [0.1, 0.15) is 43.6 Å². The highest BCUT2D eigenvalue weighted by atomic mass is 16.5. The summed E-state index contributed by atoms with van der Waals surface area (Å²) in [4.78, 5) is 4.66. The van der Waals surface area contributed by atoms with Crippen LogP contribution in [0.4, 0.5) is 0 Å². The van der Waals surface area contributed by atoms with Crippen LogP contribution >= 0.6 is 0 Å². The Morgan fingerprint density at radius 2 is 2.12 bits per heavy atom. The van der Waals surface area contributed by atoms with E-state index in [-0.39, 0.29) is 0 Å². The molecule has 0 bridgehead atoms. The van der Waals surface area contributed by atoms with Gasteiger partial charge in [-0.3, -0.25) is 0 Å². The van der Waals surface area contributed by atoms with E-state index in [0.717, 1.165) is 32.0 Å². The summed E-state index contributed by atoms with van der Waals surface area (Å²) in [7, 11) is 0. The van der Waals surface area contributed by atoms with Gasteiger partial charge in [0.25, 0.3) is 0 Å². The summed E-state index contributed by atoms with van der Waals surface area (Å²) in [5.41, 5.74) is 1.44. The van der Waals surface area contributed by atoms with Crippen LogP contribution in [0, 0.1) is 5.92 Å². The molecule has 0 aromatic carbocycles. The van der Waals surface area contributed by atoms with Crippen LogP contribution in [0.5, 0.6) is 0 Å². The molecule has 1 saturated heterocycles. The fourth-order valence-corrected chi connectivity index (χ4v) is 2.92. The minimum Gasteiger partial charge on any atom is -0.381 e. The van der Waals surface area contributed by atoms with Gasteiger partial charge >= 0.3 is 0 Å². The number of imidazole rings is 1. The van der Waals surface area contributed by atoms with Crippen molar-refractivity contribution in [3.63, 3.8) is 0 Å². The fraction of sp³-hybridized carbons (Fsp3) is 0.769. The molecule has 2 aliphatic heterocycles. The number of ether oxygens (including phenoxy) is 1. The number of nitrogens with zero attached hydrogens (tertiary/aromatic N) is 2. The van der Waals surface area contributed by atoms with Crippen LogP contribution < -0.4 is 0 Å². The Kier molecular flexibility index (Phi) is 2.72. The topological polar surface area (TPSA) is 27.1 Å². The molecule has 1 aromatic heterocycles. The van der Waals surface area contributed by atoms with Crippen LogP contribution in [0.2, 0.25) is 0 Å². The minimum absolute atomic E-state index is 0.632. The SMILES string of the molecule is CC1CCc2cnc(C3CCOCC3)n2C1. The molecule has 3 nitrogen and oxygen atoms in total. The summed E-state index contributed by atoms with van der Waals surface area (Å²) in [6.45, 7) is 5.32. The number of hydrogen-bond acceptors (Lipinski definition) is 2. The second-order valence-corrected chi connectivity index (χ2v) is 5.25. The Balaban J connectivity index is 1.86. The van der Waals surface area contributed by atoms with Gasteiger partial charge in [0.1, 0.15) is 5.82 Å². The first-order chi connectivity index (χ1) is 7.84. The average molecular weight is 220 g/mol. The minimum atomic E-state index is 0.632. The number of hydrogen-bond donors (Lipinski definition) is 0. The van der Waals surface area contributed by atoms with E-state index in [1.165, 1.54) is 30.9 Å². The molecule has 88 valence electrons. The highest BCUT2D eigenvalue weighted by Crippen LogP contribution is 2.30. The quantitative estimate of drug-likeness (QED) is 0.726. The van der Waals surface area contributed by atoms with Crippen molar-refractivity contribution < 1.29 is 4.74 Å². The summed E-state index contributed by atoms with van der Waals surface area (Å²) in [5, 5.41) is 0. The summed E-state index contributed by atoms with van der Waals surface area (Å²) < 4.78 is 7.90. The van der Waals surface area contributed by atoms with Crippen molar-refractivity contribution in [2.45, 2.75) is 45.1 Å². The average Bonchev–Trinajstić information content (AvgIpc) is 2.73. The maximum atomic E-state index is 5.43. The fourth-order valence-electron chi connectivity index (χ4n) is 2.92. The maximum Gasteiger partial charge on any atom is 0.112 e. The van der Waals surface area contributed by atoms with Crippen molar-refractivity contribution in [3.8, 4) is 0 Å². The lowest BCUT2D eigenvalue weighted by Gasteiger charge is -2.27. The molecule has 0 saturated carbocycles. The van der Waals surface area contributed by atoms with Gasteiger partial charge in [0.15, 0.2) is 0 Å². The van der Waals surface area contributed by atoms with Crippen molar-refractivity contribution in [2.24, 2.45) is 5.92 Å². The molecule has 0 radical (unpaired) electrons. The zero-order valence-corrected chi connectivity index (χ0v) is 9.98. The normalized spacial score (nSPS) is 26.7. The maximum absolute atomic E-state index is 5.43. The Morgan fingerprint density at radius 1 is 1.31 bits per heavy atom. The van der Waals surface area contributed by atoms with E-state index in [9.17, 15) is 0 Å². The third-order valence-electron chi connectivity index (χ3n) is 3.94. The van der Waals surface area contributed by atoms with E-state index in [0.29, 0.717) is 5.92 Å². The predicted octanol–water partition coefficient (Wildman–Crippen LogP) is 2.36. The lowest BCUT2D eigenvalue weighted by molar-refractivity contribution is 0.0824. The van der Waals surface area contributed by atoms with E-state index < -0.39 is 0 Å². The van der Waals surface area contributed by atoms with Crippen molar-refractivity contribution in [1.82, 2.24) is 9.55 Å². The molecule has 16 heavy (non-hydrogen) atoms. The molecule has 0 spiro atoms. The first-order valence-corrected chi connectivity index (χ1v) is 6.46. The van der Waals surface area contributed by atoms with Crippen molar-refractivity contribution in [2.75, 3.05) is 13.2 Å². The van der Waals surface area contributed by atoms with E-state index >= 15 is 0 Å². The third-order valence-corrected chi connectivity index (χ3v) is 3.94. The summed E-state index contributed by atoms with van der Waals surface area (Å²) >= 11 is 0. The Hall–Kier alpha value is -0.830. The van der Waals surface area contributed by atoms with E-state index in [1.54, 1.807) is 0 Å². The summed E-state index contributed by atoms with van der Waals surface area (Å²) in [6, 6.07) is 0. The zero-order valence-electron chi connectivity index (χ0n) is 9.98. The Bertz CT molecular complexity index is 366. The van der Waals surface area contributed by atoms with Gasteiger partial charge in [-0.15, -0.1) is 0 Å². The molecule has 3 rings (SSSR count). The molecule has 1 atom stereocenters. The molecule has 0 N–H and O–H groups in total. The van der Waals surface area contributed by atoms with Crippen LogP contribution in [0.15, 0.2) is 6.20 Å². The van der Waals surface area contributed by atoms with E-state index in [4.69, 9.17) is 4.74 Å². The molecule has 1 aromatic rings. The van der Waals surface area contributed by atoms with Gasteiger partial charge in [-0.25, -0.2) is 4.98 Å². The Morgan fingerprint density at radius 3 is 2.94 bits per heavy atom. The van der Waals surface area contributed by atoms with Crippen molar-refractivity contribution in [3.05, 3.63) is 17.7 Å². The van der Waals surface area contributed by atoms with Gasteiger partial charge < -0.3 is 9.30 Å². The van der Waals surface area contributed by atoms with Gasteiger partial charge in [-0.05, 0) is 31.6 Å². The van der Waals surface area contributed by atoms with Crippen LogP contribution in [0.25, 0.3) is 0 Å². The zero-order chi connectivity index (χ0) is 11.0. The standard InChI is InChI=1S/C13H20N2O/c1-10-2-3-12-8-14-13(15(12)9-10)11-4-6-16-7-5-11/h8,10-11H,2-7,9H2,1H3. The molecule has 0 aliphatic carbocycles. The van der Waals surface area contributed by atoms with Gasteiger partial charge in [0.2, 0.25) is 0 Å². The summed E-state index contributed by atoms with van der Waals surface area (Å²) in [6.07, 6.45) is 6.91. The second kappa shape index (κ2) is 4.21. The molecule has 1 fully saturated rings. The van der Waals surface area contributed by atoms with Gasteiger partial charge in [-0.2, -0.15) is 0 Å². The first kappa shape index (κ1) is 10.3. The highest BCUT2D eigenvalue weighted by molar-refractivity contribution is 5.12. The highest BCUT2D eigenvalue weighted by Gasteiger charge is 2.25. The lowest BCUT2D eigenvalue weighted by Crippen LogP contribution is -2.23. The number of aryl methyl sites for hydroxylation is 1. The van der Waals surface area contributed by atoms with Crippen LogP contribution in [-0.4, -0.2) is 22.8 Å². The number of aromatic nitrogens is 2. The van der Waals surface area contributed by atoms with E-state index in [1.807, 2.05) is 0 Å². The number of rotatable bonds is 1. The smallest absolute Gasteiger partial charge is 0.112 e. The van der Waals surface area contributed by atoms with E-state index in [2.05, 4.69) is 22.7 Å². The molecule has 2 aliphatic rings. The molecular weight excluding hydrogens is 200 g/mol.